The fourth-order valence-electron chi connectivity index (χ4n) is 3.66. The van der Waals surface area contributed by atoms with Crippen LogP contribution in [0.15, 0.2) is 51.7 Å². The number of hydrogen-bond donors (Lipinski definition) is 0. The number of carbonyl (C=O) groups is 1. The summed E-state index contributed by atoms with van der Waals surface area (Å²) in [6.45, 7) is 0.200. The molecule has 0 N–H and O–H groups in total. The highest BCUT2D eigenvalue weighted by atomic mass is 16.7. The molecule has 2 heterocycles. The number of carbonyl (C=O) groups excluding carboxylic acids is 1. The van der Waals surface area contributed by atoms with E-state index in [9.17, 15) is 9.59 Å². The van der Waals surface area contributed by atoms with Gasteiger partial charge in [-0.25, -0.2) is 9.59 Å². The normalized spacial score (nSPS) is 14.6. The minimum Gasteiger partial charge on any atom is -0.454 e. The first kappa shape index (κ1) is 16.6. The summed E-state index contributed by atoms with van der Waals surface area (Å²) in [5, 5.41) is 0.905. The van der Waals surface area contributed by atoms with E-state index >= 15 is 0 Å². The van der Waals surface area contributed by atoms with E-state index in [0.29, 0.717) is 22.8 Å². The molecule has 0 fully saturated rings. The molecule has 0 amide bonds. The zero-order chi connectivity index (χ0) is 19.1. The smallest absolute Gasteiger partial charge is 0.339 e. The Labute approximate surface area is 159 Å². The first-order valence-corrected chi connectivity index (χ1v) is 9.05. The van der Waals surface area contributed by atoms with Crippen LogP contribution in [0.1, 0.15) is 23.1 Å². The highest BCUT2D eigenvalue weighted by Gasteiger charge is 2.20. The summed E-state index contributed by atoms with van der Waals surface area (Å²) in [7, 11) is 0. The number of benzene rings is 2. The van der Waals surface area contributed by atoms with Crippen LogP contribution in [0.3, 0.4) is 0 Å². The van der Waals surface area contributed by atoms with E-state index in [1.807, 2.05) is 12.1 Å². The molecule has 1 aliphatic heterocycles. The van der Waals surface area contributed by atoms with Gasteiger partial charge in [-0.2, -0.15) is 0 Å². The molecule has 0 bridgehead atoms. The van der Waals surface area contributed by atoms with Gasteiger partial charge in [-0.05, 0) is 60.7 Å². The quantitative estimate of drug-likeness (QED) is 0.301. The Morgan fingerprint density at radius 2 is 1.86 bits per heavy atom. The van der Waals surface area contributed by atoms with Gasteiger partial charge in [0.05, 0.1) is 0 Å². The summed E-state index contributed by atoms with van der Waals surface area (Å²) >= 11 is 0. The molecule has 0 saturated carbocycles. The maximum Gasteiger partial charge on any atom is 0.339 e. The molecule has 6 nitrogen and oxygen atoms in total. The van der Waals surface area contributed by atoms with Crippen molar-refractivity contribution >= 4 is 23.0 Å². The highest BCUT2D eigenvalue weighted by Crippen LogP contribution is 2.33. The van der Waals surface area contributed by atoms with Crippen molar-refractivity contribution in [3.63, 3.8) is 0 Å². The van der Waals surface area contributed by atoms with Gasteiger partial charge >= 0.3 is 11.6 Å². The molecule has 2 aliphatic rings. The molecule has 0 spiro atoms. The molecule has 0 radical (unpaired) electrons. The predicted molar refractivity (Wildman–Crippen MR) is 102 cm³/mol. The van der Waals surface area contributed by atoms with Gasteiger partial charge in [-0.15, -0.1) is 0 Å². The molecule has 6 heteroatoms. The van der Waals surface area contributed by atoms with Gasteiger partial charge in [-0.1, -0.05) is 6.07 Å². The molecule has 140 valence electrons. The van der Waals surface area contributed by atoms with Crippen molar-refractivity contribution < 1.29 is 23.4 Å². The lowest BCUT2D eigenvalue weighted by molar-refractivity contribution is -0.128. The molecular formula is C22H16O6. The summed E-state index contributed by atoms with van der Waals surface area (Å²) in [4.78, 5) is 24.2. The number of hydrogen-bond acceptors (Lipinski definition) is 6. The van der Waals surface area contributed by atoms with Crippen LogP contribution >= 0.6 is 0 Å². The third-order valence-corrected chi connectivity index (χ3v) is 4.97. The highest BCUT2D eigenvalue weighted by molar-refractivity contribution is 5.90. The maximum absolute atomic E-state index is 12.2. The molecule has 1 aromatic heterocycles. The van der Waals surface area contributed by atoms with Crippen molar-refractivity contribution in [1.29, 1.82) is 0 Å². The molecule has 28 heavy (non-hydrogen) atoms. The van der Waals surface area contributed by atoms with Crippen LogP contribution in [0.5, 0.6) is 17.2 Å². The van der Waals surface area contributed by atoms with E-state index in [0.717, 1.165) is 41.3 Å². The fraction of sp³-hybridized carbons (Fsp3) is 0.182. The number of fused-ring (bicyclic) bond motifs is 4. The topological polar surface area (TPSA) is 75.0 Å². The van der Waals surface area contributed by atoms with E-state index in [1.54, 1.807) is 30.3 Å². The Hall–Kier alpha value is -3.54. The van der Waals surface area contributed by atoms with Gasteiger partial charge in [0.2, 0.25) is 6.79 Å². The second-order valence-electron chi connectivity index (χ2n) is 6.73. The minimum atomic E-state index is -0.527. The van der Waals surface area contributed by atoms with Crippen molar-refractivity contribution in [1.82, 2.24) is 0 Å². The molecular weight excluding hydrogens is 360 g/mol. The maximum atomic E-state index is 12.2. The average molecular weight is 376 g/mol. The number of esters is 1. The molecule has 0 unspecified atom stereocenters. The van der Waals surface area contributed by atoms with Crippen LogP contribution in [0.25, 0.3) is 17.0 Å². The van der Waals surface area contributed by atoms with Gasteiger partial charge in [0.25, 0.3) is 0 Å². The number of ether oxygens (including phenoxy) is 3. The van der Waals surface area contributed by atoms with E-state index in [-0.39, 0.29) is 12.4 Å². The average Bonchev–Trinajstić information content (AvgIpc) is 3.35. The van der Waals surface area contributed by atoms with Crippen LogP contribution in [-0.2, 0) is 17.6 Å². The van der Waals surface area contributed by atoms with Crippen LogP contribution < -0.4 is 19.8 Å². The van der Waals surface area contributed by atoms with Crippen LogP contribution in [0.4, 0.5) is 0 Å². The van der Waals surface area contributed by atoms with Gasteiger partial charge in [0.1, 0.15) is 11.3 Å². The van der Waals surface area contributed by atoms with Crippen LogP contribution in [-0.4, -0.2) is 12.8 Å². The molecule has 1 aliphatic carbocycles. The minimum absolute atomic E-state index is 0.200. The lowest BCUT2D eigenvalue weighted by Crippen LogP contribution is -2.07. The van der Waals surface area contributed by atoms with Gasteiger partial charge in [0, 0.05) is 23.1 Å². The molecule has 0 saturated heterocycles. The third kappa shape index (κ3) is 2.93. The zero-order valence-electron chi connectivity index (χ0n) is 14.9. The monoisotopic (exact) mass is 376 g/mol. The van der Waals surface area contributed by atoms with Crippen molar-refractivity contribution in [3.8, 4) is 17.2 Å². The van der Waals surface area contributed by atoms with E-state index in [4.69, 9.17) is 18.6 Å². The Bertz CT molecular complexity index is 1190. The SMILES string of the molecule is O=C(/C=C\c1ccc2c(c1)OCO2)Oc1ccc2c3c(c(=O)oc2c1)CCC3. The first-order chi connectivity index (χ1) is 13.7. The number of rotatable bonds is 3. The Balaban J connectivity index is 1.35. The zero-order valence-corrected chi connectivity index (χ0v) is 14.9. The summed E-state index contributed by atoms with van der Waals surface area (Å²) in [6, 6.07) is 10.5. The Kier molecular flexibility index (Phi) is 3.90. The van der Waals surface area contributed by atoms with Crippen molar-refractivity contribution in [2.45, 2.75) is 19.3 Å². The lowest BCUT2D eigenvalue weighted by atomic mass is 10.1. The lowest BCUT2D eigenvalue weighted by Gasteiger charge is -2.06. The van der Waals surface area contributed by atoms with Crippen LogP contribution in [0.2, 0.25) is 0 Å². The summed E-state index contributed by atoms with van der Waals surface area (Å²) in [5.74, 6) is 1.13. The molecule has 0 atom stereocenters. The molecule has 2 aromatic carbocycles. The second kappa shape index (κ2) is 6.56. The Morgan fingerprint density at radius 1 is 1.00 bits per heavy atom. The fourth-order valence-corrected chi connectivity index (χ4v) is 3.66. The van der Waals surface area contributed by atoms with Crippen LogP contribution in [0, 0.1) is 0 Å². The summed E-state index contributed by atoms with van der Waals surface area (Å²) in [6.07, 6.45) is 5.56. The third-order valence-electron chi connectivity index (χ3n) is 4.97. The largest absolute Gasteiger partial charge is 0.454 e. The summed E-state index contributed by atoms with van der Waals surface area (Å²) < 4.78 is 21.3. The van der Waals surface area contributed by atoms with Gasteiger partial charge in [-0.3, -0.25) is 0 Å². The number of aryl methyl sites for hydroxylation is 1. The van der Waals surface area contributed by atoms with E-state index in [1.165, 1.54) is 6.08 Å². The van der Waals surface area contributed by atoms with E-state index < -0.39 is 5.97 Å². The summed E-state index contributed by atoms with van der Waals surface area (Å²) in [5.41, 5.74) is 2.75. The van der Waals surface area contributed by atoms with Crippen molar-refractivity contribution in [2.75, 3.05) is 6.79 Å². The van der Waals surface area contributed by atoms with Gasteiger partial charge in [0.15, 0.2) is 11.5 Å². The predicted octanol–water partition coefficient (Wildman–Crippen LogP) is 3.63. The molecule has 3 aromatic rings. The second-order valence-corrected chi connectivity index (χ2v) is 6.73. The van der Waals surface area contributed by atoms with Crippen molar-refractivity contribution in [3.05, 3.63) is 69.6 Å². The first-order valence-electron chi connectivity index (χ1n) is 9.05. The van der Waals surface area contributed by atoms with Gasteiger partial charge < -0.3 is 18.6 Å². The van der Waals surface area contributed by atoms with E-state index in [2.05, 4.69) is 0 Å². The molecule has 5 rings (SSSR count). The van der Waals surface area contributed by atoms with Crippen molar-refractivity contribution in [2.24, 2.45) is 0 Å². The Morgan fingerprint density at radius 3 is 2.79 bits per heavy atom. The standard InChI is InChI=1S/C22H16O6/c23-21(9-5-13-4-8-18-20(10-13)26-12-25-18)27-14-6-7-16-15-2-1-3-17(15)22(24)28-19(16)11-14/h4-11H,1-3,12H2/b9-5-.